The highest BCUT2D eigenvalue weighted by Crippen LogP contribution is 2.21. The van der Waals surface area contributed by atoms with Gasteiger partial charge in [-0.15, -0.1) is 0 Å². The topological polar surface area (TPSA) is 84.6 Å². The zero-order chi connectivity index (χ0) is 12.1. The van der Waals surface area contributed by atoms with Crippen LogP contribution >= 0.6 is 0 Å². The largest absolute Gasteiger partial charge is 0.495 e. The molecule has 5 nitrogen and oxygen atoms in total. The molecule has 0 saturated carbocycles. The predicted molar refractivity (Wildman–Crippen MR) is 61.4 cm³/mol. The summed E-state index contributed by atoms with van der Waals surface area (Å²) in [5.74, 6) is 0.198. The number of anilines is 1. The van der Waals surface area contributed by atoms with Crippen LogP contribution in [0.15, 0.2) is 18.2 Å². The minimum absolute atomic E-state index is 0.0994. The normalized spacial score (nSPS) is 11.9. The van der Waals surface area contributed by atoms with Crippen LogP contribution in [0.1, 0.15) is 17.3 Å². The fraction of sp³-hybridized carbons (Fsp3) is 0.364. The number of nitrogen functional groups attached to an aromatic ring is 1. The van der Waals surface area contributed by atoms with Gasteiger partial charge in [0, 0.05) is 11.6 Å². The summed E-state index contributed by atoms with van der Waals surface area (Å²) in [6, 6.07) is 4.50. The lowest BCUT2D eigenvalue weighted by atomic mass is 10.1. The van der Waals surface area contributed by atoms with Crippen LogP contribution in [0.25, 0.3) is 0 Å². The van der Waals surface area contributed by atoms with E-state index in [1.807, 2.05) is 0 Å². The first-order valence-corrected chi connectivity index (χ1v) is 4.93. The van der Waals surface area contributed by atoms with E-state index >= 15 is 0 Å². The molecule has 0 spiro atoms. The van der Waals surface area contributed by atoms with E-state index in [1.165, 1.54) is 7.11 Å². The second kappa shape index (κ2) is 5.37. The molecule has 1 rings (SSSR count). The molecule has 0 heterocycles. The Balaban J connectivity index is 2.84. The van der Waals surface area contributed by atoms with Crippen molar-refractivity contribution in [2.45, 2.75) is 13.0 Å². The fourth-order valence-electron chi connectivity index (χ4n) is 1.21. The van der Waals surface area contributed by atoms with Crippen LogP contribution in [0.3, 0.4) is 0 Å². The van der Waals surface area contributed by atoms with Gasteiger partial charge in [0.25, 0.3) is 5.91 Å². The van der Waals surface area contributed by atoms with Crippen LogP contribution in [0.4, 0.5) is 5.69 Å². The molecule has 1 aromatic rings. The third-order valence-corrected chi connectivity index (χ3v) is 2.15. The Labute approximate surface area is 94.2 Å². The standard InChI is InChI=1S/C11H16N2O3/c1-7(6-14)13-11(15)8-3-4-9(12)10(5-8)16-2/h3-5,7,14H,6,12H2,1-2H3,(H,13,15). The molecule has 16 heavy (non-hydrogen) atoms. The number of ether oxygens (including phenoxy) is 1. The lowest BCUT2D eigenvalue weighted by Gasteiger charge is -2.12. The third kappa shape index (κ3) is 2.87. The van der Waals surface area contributed by atoms with Gasteiger partial charge in [-0.05, 0) is 25.1 Å². The van der Waals surface area contributed by atoms with Crippen molar-refractivity contribution < 1.29 is 14.6 Å². The molecule has 0 aliphatic heterocycles. The first kappa shape index (κ1) is 12.3. The van der Waals surface area contributed by atoms with E-state index in [0.717, 1.165) is 0 Å². The van der Waals surface area contributed by atoms with Gasteiger partial charge < -0.3 is 20.9 Å². The Morgan fingerprint density at radius 1 is 1.62 bits per heavy atom. The summed E-state index contributed by atoms with van der Waals surface area (Å²) in [5.41, 5.74) is 6.56. The van der Waals surface area contributed by atoms with Crippen LogP contribution in [-0.4, -0.2) is 30.8 Å². The molecule has 0 aliphatic carbocycles. The summed E-state index contributed by atoms with van der Waals surface area (Å²) in [6.45, 7) is 1.62. The Morgan fingerprint density at radius 3 is 2.88 bits per heavy atom. The second-order valence-corrected chi connectivity index (χ2v) is 3.51. The Kier molecular flexibility index (Phi) is 4.13. The van der Waals surface area contributed by atoms with E-state index in [1.54, 1.807) is 25.1 Å². The van der Waals surface area contributed by atoms with Gasteiger partial charge >= 0.3 is 0 Å². The maximum absolute atomic E-state index is 11.7. The lowest BCUT2D eigenvalue weighted by Crippen LogP contribution is -2.34. The van der Waals surface area contributed by atoms with E-state index in [4.69, 9.17) is 15.6 Å². The van der Waals surface area contributed by atoms with E-state index in [0.29, 0.717) is 17.0 Å². The van der Waals surface area contributed by atoms with E-state index in [9.17, 15) is 4.79 Å². The van der Waals surface area contributed by atoms with E-state index in [2.05, 4.69) is 5.32 Å². The highest BCUT2D eigenvalue weighted by molar-refractivity contribution is 5.95. The molecular formula is C11H16N2O3. The van der Waals surface area contributed by atoms with Crippen LogP contribution in [0, 0.1) is 0 Å². The highest BCUT2D eigenvalue weighted by atomic mass is 16.5. The highest BCUT2D eigenvalue weighted by Gasteiger charge is 2.10. The summed E-state index contributed by atoms with van der Waals surface area (Å²) < 4.78 is 5.01. The molecule has 4 N–H and O–H groups in total. The van der Waals surface area contributed by atoms with Gasteiger partial charge in [0.15, 0.2) is 0 Å². The van der Waals surface area contributed by atoms with Crippen molar-refractivity contribution in [1.82, 2.24) is 5.32 Å². The quantitative estimate of drug-likeness (QED) is 0.646. The Morgan fingerprint density at radius 2 is 2.31 bits per heavy atom. The lowest BCUT2D eigenvalue weighted by molar-refractivity contribution is 0.0922. The number of aliphatic hydroxyl groups is 1. The molecule has 0 saturated heterocycles. The van der Waals surface area contributed by atoms with Gasteiger partial charge in [0.2, 0.25) is 0 Å². The van der Waals surface area contributed by atoms with E-state index < -0.39 is 0 Å². The number of nitrogens with two attached hydrogens (primary N) is 1. The SMILES string of the molecule is COc1cc(C(=O)NC(C)CO)ccc1N. The number of methoxy groups -OCH3 is 1. The summed E-state index contributed by atoms with van der Waals surface area (Å²) in [6.07, 6.45) is 0. The summed E-state index contributed by atoms with van der Waals surface area (Å²) in [7, 11) is 1.49. The summed E-state index contributed by atoms with van der Waals surface area (Å²) in [4.78, 5) is 11.7. The fourth-order valence-corrected chi connectivity index (χ4v) is 1.21. The van der Waals surface area contributed by atoms with Crippen molar-refractivity contribution in [3.05, 3.63) is 23.8 Å². The number of nitrogens with one attached hydrogen (secondary N) is 1. The van der Waals surface area contributed by atoms with Gasteiger partial charge in [-0.2, -0.15) is 0 Å². The average molecular weight is 224 g/mol. The van der Waals surface area contributed by atoms with Crippen molar-refractivity contribution >= 4 is 11.6 Å². The zero-order valence-corrected chi connectivity index (χ0v) is 9.36. The number of benzene rings is 1. The second-order valence-electron chi connectivity index (χ2n) is 3.51. The molecular weight excluding hydrogens is 208 g/mol. The first-order chi connectivity index (χ1) is 7.58. The summed E-state index contributed by atoms with van der Waals surface area (Å²) >= 11 is 0. The van der Waals surface area contributed by atoms with Crippen LogP contribution in [0.5, 0.6) is 5.75 Å². The van der Waals surface area contributed by atoms with Crippen molar-refractivity contribution in [3.8, 4) is 5.75 Å². The molecule has 0 fully saturated rings. The first-order valence-electron chi connectivity index (χ1n) is 4.93. The minimum Gasteiger partial charge on any atom is -0.495 e. The van der Waals surface area contributed by atoms with Crippen LogP contribution in [-0.2, 0) is 0 Å². The number of amides is 1. The molecule has 5 heteroatoms. The number of hydrogen-bond acceptors (Lipinski definition) is 4. The van der Waals surface area contributed by atoms with Crippen molar-refractivity contribution in [2.75, 3.05) is 19.5 Å². The van der Waals surface area contributed by atoms with Gasteiger partial charge in [0.05, 0.1) is 19.4 Å². The smallest absolute Gasteiger partial charge is 0.251 e. The van der Waals surface area contributed by atoms with Crippen molar-refractivity contribution in [2.24, 2.45) is 0 Å². The maximum Gasteiger partial charge on any atom is 0.251 e. The van der Waals surface area contributed by atoms with Crippen molar-refractivity contribution in [1.29, 1.82) is 0 Å². The molecule has 88 valence electrons. The molecule has 1 unspecified atom stereocenters. The Bertz CT molecular complexity index is 379. The van der Waals surface area contributed by atoms with Crippen LogP contribution < -0.4 is 15.8 Å². The minimum atomic E-state index is -0.281. The van der Waals surface area contributed by atoms with Gasteiger partial charge in [-0.1, -0.05) is 0 Å². The molecule has 0 aliphatic rings. The zero-order valence-electron chi connectivity index (χ0n) is 9.36. The maximum atomic E-state index is 11.7. The number of rotatable bonds is 4. The Hall–Kier alpha value is -1.75. The summed E-state index contributed by atoms with van der Waals surface area (Å²) in [5, 5.41) is 11.4. The predicted octanol–water partition coefficient (Wildman–Crippen LogP) is 0.388. The molecule has 0 radical (unpaired) electrons. The van der Waals surface area contributed by atoms with Gasteiger partial charge in [-0.25, -0.2) is 0 Å². The average Bonchev–Trinajstić information content (AvgIpc) is 2.29. The van der Waals surface area contributed by atoms with E-state index in [-0.39, 0.29) is 18.6 Å². The van der Waals surface area contributed by atoms with Crippen molar-refractivity contribution in [3.63, 3.8) is 0 Å². The molecule has 0 aromatic heterocycles. The van der Waals surface area contributed by atoms with Gasteiger partial charge in [0.1, 0.15) is 5.75 Å². The van der Waals surface area contributed by atoms with Gasteiger partial charge in [-0.3, -0.25) is 4.79 Å². The third-order valence-electron chi connectivity index (χ3n) is 2.15. The molecule has 0 bridgehead atoms. The van der Waals surface area contributed by atoms with Crippen LogP contribution in [0.2, 0.25) is 0 Å². The molecule has 1 atom stereocenters. The molecule has 1 amide bonds. The molecule has 1 aromatic carbocycles. The number of carbonyl (C=O) groups excluding carboxylic acids is 1. The number of carbonyl (C=O) groups is 1. The monoisotopic (exact) mass is 224 g/mol. The number of aliphatic hydroxyl groups excluding tert-OH is 1. The number of hydrogen-bond donors (Lipinski definition) is 3.